The van der Waals surface area contributed by atoms with Gasteiger partial charge in [-0.1, -0.05) is 0 Å². The van der Waals surface area contributed by atoms with Crippen molar-refractivity contribution >= 4 is 42.1 Å². The number of allylic oxidation sites excluding steroid dienone is 1. The predicted molar refractivity (Wildman–Crippen MR) is 88.1 cm³/mol. The molecule has 0 atom stereocenters. The zero-order chi connectivity index (χ0) is 14.2. The second-order valence-corrected chi connectivity index (χ2v) is 7.32. The summed E-state index contributed by atoms with van der Waals surface area (Å²) in [7, 11) is 0. The van der Waals surface area contributed by atoms with Gasteiger partial charge in [-0.15, -0.1) is 0 Å². The van der Waals surface area contributed by atoms with Crippen LogP contribution < -0.4 is 4.46 Å². The molecule has 4 rings (SSSR count). The van der Waals surface area contributed by atoms with E-state index < -0.39 is 0 Å². The molecule has 0 aromatic heterocycles. The van der Waals surface area contributed by atoms with E-state index in [2.05, 4.69) is 42.5 Å². The van der Waals surface area contributed by atoms with Gasteiger partial charge in [0.25, 0.3) is 0 Å². The van der Waals surface area contributed by atoms with E-state index in [0.717, 1.165) is 15.6 Å². The van der Waals surface area contributed by atoms with Crippen LogP contribution in [0, 0.1) is 0 Å². The van der Waals surface area contributed by atoms with Crippen LogP contribution in [-0.4, -0.2) is 20.7 Å². The topological polar surface area (TPSA) is 17.1 Å². The van der Waals surface area contributed by atoms with Gasteiger partial charge >= 0.3 is 129 Å². The summed E-state index contributed by atoms with van der Waals surface area (Å²) in [6, 6.07) is 22.6. The number of carbonyl (C=O) groups is 1. The molecule has 0 aliphatic carbocycles. The van der Waals surface area contributed by atoms with Gasteiger partial charge in [0.05, 0.1) is 0 Å². The summed E-state index contributed by atoms with van der Waals surface area (Å²) in [5.41, 5.74) is 1.98. The van der Waals surface area contributed by atoms with Crippen LogP contribution >= 0.6 is 0 Å². The van der Waals surface area contributed by atoms with Crippen LogP contribution in [0.1, 0.15) is 15.9 Å². The number of ketones is 1. The molecule has 3 aromatic rings. The Balaban J connectivity index is 1.76. The maximum absolute atomic E-state index is 12.4. The maximum atomic E-state index is 12.4. The van der Waals surface area contributed by atoms with Gasteiger partial charge in [-0.05, 0) is 0 Å². The Morgan fingerprint density at radius 1 is 0.810 bits per heavy atom. The Kier molecular flexibility index (Phi) is 2.99. The first kappa shape index (κ1) is 12.6. The third-order valence-corrected chi connectivity index (χ3v) is 5.95. The molecule has 0 unspecified atom stereocenters. The number of benzene rings is 3. The second-order valence-electron chi connectivity index (χ2n) is 5.04. The molecule has 0 fully saturated rings. The van der Waals surface area contributed by atoms with E-state index in [1.54, 1.807) is 0 Å². The molecule has 1 nitrogen and oxygen atoms in total. The second kappa shape index (κ2) is 5.00. The van der Waals surface area contributed by atoms with Crippen LogP contribution in [0.15, 0.2) is 71.2 Å². The Labute approximate surface area is 129 Å². The van der Waals surface area contributed by atoms with Gasteiger partial charge in [0.15, 0.2) is 0 Å². The van der Waals surface area contributed by atoms with Gasteiger partial charge in [0.2, 0.25) is 0 Å². The van der Waals surface area contributed by atoms with E-state index in [-0.39, 0.29) is 20.7 Å². The fourth-order valence-corrected chi connectivity index (χ4v) is 4.79. The van der Waals surface area contributed by atoms with E-state index in [1.807, 2.05) is 30.3 Å². The van der Waals surface area contributed by atoms with Crippen molar-refractivity contribution in [1.29, 1.82) is 0 Å². The monoisotopic (exact) mass is 336 g/mol. The van der Waals surface area contributed by atoms with Gasteiger partial charge in [-0.3, -0.25) is 0 Å². The molecule has 0 saturated heterocycles. The number of hydrogen-bond acceptors (Lipinski definition) is 1. The number of carbonyl (C=O) groups excluding carboxylic acids is 1. The molecule has 2 heteroatoms. The summed E-state index contributed by atoms with van der Waals surface area (Å²) in [5.74, 6) is 0.193. The molecular weight excluding hydrogens is 323 g/mol. The quantitative estimate of drug-likeness (QED) is 0.492. The fourth-order valence-electron chi connectivity index (χ4n) is 2.58. The normalized spacial score (nSPS) is 15.6. The average molecular weight is 335 g/mol. The summed E-state index contributed by atoms with van der Waals surface area (Å²) in [5, 5.41) is 2.44. The van der Waals surface area contributed by atoms with E-state index in [4.69, 9.17) is 0 Å². The molecule has 0 radical (unpaired) electrons. The molecular formula is C19H12OSe. The molecule has 0 bridgehead atoms. The molecule has 1 heterocycles. The summed E-state index contributed by atoms with van der Waals surface area (Å²) in [6.45, 7) is 0. The number of Topliss-reactive ketones (excluding diaryl/α,β-unsaturated/α-hetero) is 1. The summed E-state index contributed by atoms with van der Waals surface area (Å²) < 4.78 is 2.14. The van der Waals surface area contributed by atoms with E-state index in [0.29, 0.717) is 0 Å². The van der Waals surface area contributed by atoms with Gasteiger partial charge in [0, 0.05) is 0 Å². The van der Waals surface area contributed by atoms with Crippen LogP contribution in [0.5, 0.6) is 0 Å². The first-order chi connectivity index (χ1) is 10.3. The van der Waals surface area contributed by atoms with E-state index in [9.17, 15) is 4.79 Å². The van der Waals surface area contributed by atoms with Crippen molar-refractivity contribution in [3.63, 3.8) is 0 Å². The average Bonchev–Trinajstić information content (AvgIpc) is 2.84. The zero-order valence-corrected chi connectivity index (χ0v) is 13.0. The van der Waals surface area contributed by atoms with Crippen LogP contribution in [0.4, 0.5) is 0 Å². The molecule has 1 aliphatic heterocycles. The summed E-state index contributed by atoms with van der Waals surface area (Å²) >= 11 is 0.124. The third-order valence-electron chi connectivity index (χ3n) is 3.65. The molecule has 0 saturated carbocycles. The van der Waals surface area contributed by atoms with Gasteiger partial charge < -0.3 is 0 Å². The van der Waals surface area contributed by atoms with E-state index >= 15 is 0 Å². The van der Waals surface area contributed by atoms with Gasteiger partial charge in [-0.2, -0.15) is 0 Å². The Morgan fingerprint density at radius 3 is 2.43 bits per heavy atom. The number of fused-ring (bicyclic) bond motifs is 2. The standard InChI is InChI=1S/C19H12OSe/c20-19-16-7-3-4-8-17(16)21-18(19)12-13-9-10-14-5-1-2-6-15(14)11-13/h1-12H/b18-12-. The van der Waals surface area contributed by atoms with Crippen molar-refractivity contribution in [1.82, 2.24) is 0 Å². The molecule has 1 aliphatic rings. The van der Waals surface area contributed by atoms with Gasteiger partial charge in [-0.25, -0.2) is 0 Å². The fraction of sp³-hybridized carbons (Fsp3) is 0. The van der Waals surface area contributed by atoms with Crippen LogP contribution in [-0.2, 0) is 0 Å². The third kappa shape index (κ3) is 2.23. The van der Waals surface area contributed by atoms with Crippen molar-refractivity contribution in [3.8, 4) is 0 Å². The van der Waals surface area contributed by atoms with Crippen molar-refractivity contribution in [2.75, 3.05) is 0 Å². The number of hydrogen-bond donors (Lipinski definition) is 0. The molecule has 0 amide bonds. The van der Waals surface area contributed by atoms with Crippen LogP contribution in [0.3, 0.4) is 0 Å². The first-order valence-corrected chi connectivity index (χ1v) is 8.55. The van der Waals surface area contributed by atoms with Crippen molar-refractivity contribution in [3.05, 3.63) is 82.3 Å². The Morgan fingerprint density at radius 2 is 1.57 bits per heavy atom. The minimum absolute atomic E-state index is 0.124. The molecule has 100 valence electrons. The van der Waals surface area contributed by atoms with Crippen molar-refractivity contribution in [2.45, 2.75) is 0 Å². The van der Waals surface area contributed by atoms with Crippen molar-refractivity contribution < 1.29 is 4.79 Å². The zero-order valence-electron chi connectivity index (χ0n) is 11.2. The summed E-state index contributed by atoms with van der Waals surface area (Å²) in [4.78, 5) is 12.4. The van der Waals surface area contributed by atoms with Crippen molar-refractivity contribution in [2.24, 2.45) is 0 Å². The van der Waals surface area contributed by atoms with Crippen LogP contribution in [0.25, 0.3) is 16.8 Å². The Hall–Kier alpha value is -2.15. The number of rotatable bonds is 1. The first-order valence-electron chi connectivity index (χ1n) is 6.83. The molecule has 0 N–H and O–H groups in total. The predicted octanol–water partition coefficient (Wildman–Crippen LogP) is 3.41. The minimum atomic E-state index is 0.124. The molecule has 0 spiro atoms. The SMILES string of the molecule is O=C1/C(=C/c2ccc3ccccc3c2)[Se]c2ccccc21. The Bertz CT molecular complexity index is 893. The molecule has 3 aromatic carbocycles. The molecule has 21 heavy (non-hydrogen) atoms. The van der Waals surface area contributed by atoms with Crippen LogP contribution in [0.2, 0.25) is 0 Å². The van der Waals surface area contributed by atoms with E-state index in [1.165, 1.54) is 15.2 Å². The summed E-state index contributed by atoms with van der Waals surface area (Å²) in [6.07, 6.45) is 2.05. The van der Waals surface area contributed by atoms with Gasteiger partial charge in [0.1, 0.15) is 0 Å².